The summed E-state index contributed by atoms with van der Waals surface area (Å²) in [5, 5.41) is 9.09. The number of carboxylic acids is 1. The van der Waals surface area contributed by atoms with Crippen molar-refractivity contribution in [2.24, 2.45) is 11.8 Å². The van der Waals surface area contributed by atoms with E-state index in [0.29, 0.717) is 6.54 Å². The van der Waals surface area contributed by atoms with Crippen molar-refractivity contribution >= 4 is 22.7 Å². The lowest BCUT2D eigenvalue weighted by atomic mass is 9.81. The van der Waals surface area contributed by atoms with Gasteiger partial charge in [-0.15, -0.1) is 0 Å². The third kappa shape index (κ3) is 3.10. The Bertz CT molecular complexity index is 371. The summed E-state index contributed by atoms with van der Waals surface area (Å²) in [5.74, 6) is -1.59. The molecule has 1 aliphatic rings. The fraction of sp³-hybridized carbons (Fsp3) is 0.833. The molecule has 0 aromatic carbocycles. The van der Waals surface area contributed by atoms with E-state index < -0.39 is 22.7 Å². The second-order valence-corrected chi connectivity index (χ2v) is 6.94. The summed E-state index contributed by atoms with van der Waals surface area (Å²) in [7, 11) is -1.01. The average Bonchev–Trinajstić information content (AvgIpc) is 2.22. The summed E-state index contributed by atoms with van der Waals surface area (Å²) in [5.41, 5.74) is 0. The minimum Gasteiger partial charge on any atom is -0.481 e. The molecule has 1 heterocycles. The van der Waals surface area contributed by atoms with Crippen molar-refractivity contribution in [3.05, 3.63) is 0 Å². The summed E-state index contributed by atoms with van der Waals surface area (Å²) in [6.07, 6.45) is 1.85. The molecule has 0 aromatic heterocycles. The first-order valence-corrected chi connectivity index (χ1v) is 7.72. The minimum absolute atomic E-state index is 0.0372. The second-order valence-electron chi connectivity index (χ2n) is 5.14. The fourth-order valence-electron chi connectivity index (χ4n) is 2.52. The predicted octanol–water partition coefficient (Wildman–Crippen LogP) is 0.711. The van der Waals surface area contributed by atoms with Gasteiger partial charge in [-0.25, -0.2) is 0 Å². The molecule has 1 rings (SSSR count). The Balaban J connectivity index is 2.86. The number of carbonyl (C=O) groups excluding carboxylic acids is 1. The summed E-state index contributed by atoms with van der Waals surface area (Å²) < 4.78 is 11.4. The lowest BCUT2D eigenvalue weighted by Crippen LogP contribution is -2.54. The highest BCUT2D eigenvalue weighted by Gasteiger charge is 2.42. The number of carboxylic acid groups (broad SMARTS) is 1. The van der Waals surface area contributed by atoms with Crippen LogP contribution in [0.1, 0.15) is 27.2 Å². The normalized spacial score (nSPS) is 32.1. The molecule has 0 radical (unpaired) electrons. The quantitative estimate of drug-likeness (QED) is 0.820. The Morgan fingerprint density at radius 3 is 2.56 bits per heavy atom. The fourth-order valence-corrected chi connectivity index (χ4v) is 2.89. The third-order valence-corrected chi connectivity index (χ3v) is 5.03. The SMILES string of the molecule is CC1CC(=O)N(CC(C)S(C)=O)C(C)C1C(=O)O. The molecule has 1 saturated heterocycles. The number of amides is 1. The van der Waals surface area contributed by atoms with Gasteiger partial charge in [0.2, 0.25) is 5.91 Å². The number of carbonyl (C=O) groups is 2. The molecule has 5 unspecified atom stereocenters. The largest absolute Gasteiger partial charge is 0.481 e. The van der Waals surface area contributed by atoms with Crippen molar-refractivity contribution in [3.8, 4) is 0 Å². The van der Waals surface area contributed by atoms with Gasteiger partial charge in [-0.2, -0.15) is 0 Å². The molecule has 104 valence electrons. The summed E-state index contributed by atoms with van der Waals surface area (Å²) in [4.78, 5) is 24.8. The van der Waals surface area contributed by atoms with Gasteiger partial charge in [0, 0.05) is 41.3 Å². The molecule has 1 amide bonds. The Morgan fingerprint density at radius 1 is 1.56 bits per heavy atom. The number of nitrogens with zero attached hydrogens (tertiary/aromatic N) is 1. The Labute approximate surface area is 110 Å². The van der Waals surface area contributed by atoms with Crippen LogP contribution in [0.25, 0.3) is 0 Å². The van der Waals surface area contributed by atoms with Crippen LogP contribution in [-0.2, 0) is 20.4 Å². The summed E-state index contributed by atoms with van der Waals surface area (Å²) in [6.45, 7) is 5.73. The molecular formula is C12H21NO4S. The topological polar surface area (TPSA) is 74.7 Å². The van der Waals surface area contributed by atoms with Crippen LogP contribution in [0, 0.1) is 11.8 Å². The molecule has 0 saturated carbocycles. The lowest BCUT2D eigenvalue weighted by Gasteiger charge is -2.41. The molecule has 0 spiro atoms. The van der Waals surface area contributed by atoms with Crippen LogP contribution in [0.15, 0.2) is 0 Å². The lowest BCUT2D eigenvalue weighted by molar-refractivity contribution is -0.154. The average molecular weight is 275 g/mol. The van der Waals surface area contributed by atoms with Gasteiger partial charge < -0.3 is 10.0 Å². The van der Waals surface area contributed by atoms with Crippen LogP contribution >= 0.6 is 0 Å². The molecule has 1 fully saturated rings. The van der Waals surface area contributed by atoms with Crippen molar-refractivity contribution in [1.82, 2.24) is 4.90 Å². The Kier molecular flexibility index (Phi) is 4.90. The van der Waals surface area contributed by atoms with Crippen molar-refractivity contribution in [3.63, 3.8) is 0 Å². The van der Waals surface area contributed by atoms with Crippen molar-refractivity contribution in [2.45, 2.75) is 38.5 Å². The minimum atomic E-state index is -1.01. The number of hydrogen-bond acceptors (Lipinski definition) is 3. The van der Waals surface area contributed by atoms with Gasteiger partial charge >= 0.3 is 5.97 Å². The van der Waals surface area contributed by atoms with Crippen LogP contribution in [-0.4, -0.2) is 50.2 Å². The number of piperidine rings is 1. The van der Waals surface area contributed by atoms with Gasteiger partial charge in [-0.1, -0.05) is 6.92 Å². The van der Waals surface area contributed by atoms with Crippen LogP contribution in [0.5, 0.6) is 0 Å². The zero-order valence-corrected chi connectivity index (χ0v) is 12.1. The van der Waals surface area contributed by atoms with E-state index >= 15 is 0 Å². The molecule has 5 atom stereocenters. The van der Waals surface area contributed by atoms with Crippen LogP contribution in [0.4, 0.5) is 0 Å². The van der Waals surface area contributed by atoms with Crippen molar-refractivity contribution < 1.29 is 18.9 Å². The highest BCUT2D eigenvalue weighted by atomic mass is 32.2. The summed E-state index contributed by atoms with van der Waals surface area (Å²) in [6, 6.07) is -0.343. The number of likely N-dealkylation sites (tertiary alicyclic amines) is 1. The van der Waals surface area contributed by atoms with E-state index in [1.807, 2.05) is 6.92 Å². The van der Waals surface area contributed by atoms with Gasteiger partial charge in [0.15, 0.2) is 0 Å². The van der Waals surface area contributed by atoms with Gasteiger partial charge in [0.1, 0.15) is 0 Å². The highest BCUT2D eigenvalue weighted by Crippen LogP contribution is 2.30. The highest BCUT2D eigenvalue weighted by molar-refractivity contribution is 7.84. The molecule has 1 aliphatic heterocycles. The molecule has 1 N–H and O–H groups in total. The van der Waals surface area contributed by atoms with Gasteiger partial charge in [0.05, 0.1) is 5.92 Å². The molecule has 6 heteroatoms. The molecule has 0 bridgehead atoms. The second kappa shape index (κ2) is 5.82. The molecule has 0 aliphatic carbocycles. The van der Waals surface area contributed by atoms with Crippen molar-refractivity contribution in [1.29, 1.82) is 0 Å². The van der Waals surface area contributed by atoms with Gasteiger partial charge in [0.25, 0.3) is 0 Å². The maximum Gasteiger partial charge on any atom is 0.308 e. The van der Waals surface area contributed by atoms with E-state index in [1.165, 1.54) is 0 Å². The van der Waals surface area contributed by atoms with Crippen molar-refractivity contribution in [2.75, 3.05) is 12.8 Å². The molecular weight excluding hydrogens is 254 g/mol. The van der Waals surface area contributed by atoms with E-state index in [4.69, 9.17) is 0 Å². The predicted molar refractivity (Wildman–Crippen MR) is 69.6 cm³/mol. The van der Waals surface area contributed by atoms with Crippen LogP contribution in [0.3, 0.4) is 0 Å². The zero-order valence-electron chi connectivity index (χ0n) is 11.3. The van der Waals surface area contributed by atoms with E-state index in [2.05, 4.69) is 0 Å². The van der Waals surface area contributed by atoms with Gasteiger partial charge in [-0.05, 0) is 19.8 Å². The molecule has 0 aromatic rings. The van der Waals surface area contributed by atoms with E-state index in [9.17, 15) is 18.9 Å². The standard InChI is InChI=1S/C12H21NO4S/c1-7-5-10(14)13(6-8(2)18(4)17)9(3)11(7)12(15)16/h7-9,11H,5-6H2,1-4H3,(H,15,16). The van der Waals surface area contributed by atoms with E-state index in [1.54, 1.807) is 25.0 Å². The first kappa shape index (κ1) is 15.1. The number of aliphatic carboxylic acids is 1. The first-order chi connectivity index (χ1) is 8.25. The third-order valence-electron chi connectivity index (χ3n) is 3.75. The number of rotatable bonds is 4. The van der Waals surface area contributed by atoms with E-state index in [0.717, 1.165) is 0 Å². The Hall–Kier alpha value is -0.910. The van der Waals surface area contributed by atoms with Crippen LogP contribution < -0.4 is 0 Å². The molecule has 18 heavy (non-hydrogen) atoms. The van der Waals surface area contributed by atoms with Crippen LogP contribution in [0.2, 0.25) is 0 Å². The maximum absolute atomic E-state index is 12.0. The van der Waals surface area contributed by atoms with E-state index in [-0.39, 0.29) is 29.5 Å². The maximum atomic E-state index is 12.0. The monoisotopic (exact) mass is 275 g/mol. The Morgan fingerprint density at radius 2 is 2.11 bits per heavy atom. The molecule has 5 nitrogen and oxygen atoms in total. The van der Waals surface area contributed by atoms with Gasteiger partial charge in [-0.3, -0.25) is 13.8 Å². The number of hydrogen-bond donors (Lipinski definition) is 1. The summed E-state index contributed by atoms with van der Waals surface area (Å²) >= 11 is 0. The smallest absolute Gasteiger partial charge is 0.308 e. The zero-order chi connectivity index (χ0) is 14.0. The first-order valence-electron chi connectivity index (χ1n) is 6.10.